The van der Waals surface area contributed by atoms with Crippen molar-refractivity contribution in [2.45, 2.75) is 51.5 Å². The Morgan fingerprint density at radius 3 is 2.45 bits per heavy atom. The van der Waals surface area contributed by atoms with Crippen molar-refractivity contribution in [3.63, 3.8) is 0 Å². The molecule has 2 saturated heterocycles. The highest BCUT2D eigenvalue weighted by Crippen LogP contribution is 2.19. The Morgan fingerprint density at radius 2 is 1.90 bits per heavy atom. The van der Waals surface area contributed by atoms with Crippen LogP contribution in [0.2, 0.25) is 0 Å². The number of piperazine rings is 1. The molecular weight excluding hydrogens is 258 g/mol. The smallest absolute Gasteiger partial charge is 0.410 e. The molecule has 0 saturated carbocycles. The second kappa shape index (κ2) is 6.28. The van der Waals surface area contributed by atoms with Crippen LogP contribution in [-0.2, 0) is 4.74 Å². The number of nitrogens with one attached hydrogen (secondary N) is 1. The highest BCUT2D eigenvalue weighted by molar-refractivity contribution is 5.68. The first-order chi connectivity index (χ1) is 9.37. The van der Waals surface area contributed by atoms with Crippen LogP contribution in [0.5, 0.6) is 0 Å². The normalized spacial score (nSPS) is 26.6. The zero-order chi connectivity index (χ0) is 14.8. The molecule has 2 fully saturated rings. The molecule has 1 atom stereocenters. The zero-order valence-corrected chi connectivity index (χ0v) is 12.8. The van der Waals surface area contributed by atoms with Crippen molar-refractivity contribution in [2.24, 2.45) is 0 Å². The Labute approximate surface area is 121 Å². The maximum absolute atomic E-state index is 12.0. The van der Waals surface area contributed by atoms with Crippen molar-refractivity contribution >= 4 is 6.09 Å². The first-order valence-electron chi connectivity index (χ1n) is 7.49. The maximum Gasteiger partial charge on any atom is 0.410 e. The summed E-state index contributed by atoms with van der Waals surface area (Å²) >= 11 is 0. The van der Waals surface area contributed by atoms with Crippen LogP contribution in [0, 0.1) is 0 Å². The number of hydrogen-bond donors (Lipinski definition) is 2. The number of aliphatic hydroxyl groups excluding tert-OH is 1. The minimum atomic E-state index is -0.584. The van der Waals surface area contributed by atoms with Crippen molar-refractivity contribution in [2.75, 3.05) is 32.7 Å². The summed E-state index contributed by atoms with van der Waals surface area (Å²) in [7, 11) is 0. The standard InChI is InChI=1S/C14H27N3O3/c1-14(2,3)20-13(19)16-8-9-17(12(18)10-16)11-4-6-15-7-5-11/h11-12,15,18H,4-10H2,1-3H3. The summed E-state index contributed by atoms with van der Waals surface area (Å²) in [5.41, 5.74) is -0.492. The van der Waals surface area contributed by atoms with E-state index in [0.717, 1.165) is 25.9 Å². The van der Waals surface area contributed by atoms with Gasteiger partial charge < -0.3 is 20.1 Å². The lowest BCUT2D eigenvalue weighted by molar-refractivity contribution is -0.0845. The van der Waals surface area contributed by atoms with Gasteiger partial charge in [-0.3, -0.25) is 4.90 Å². The third-order valence-electron chi connectivity index (χ3n) is 3.82. The van der Waals surface area contributed by atoms with E-state index in [9.17, 15) is 9.90 Å². The van der Waals surface area contributed by atoms with E-state index in [1.807, 2.05) is 20.8 Å². The summed E-state index contributed by atoms with van der Waals surface area (Å²) in [5, 5.41) is 13.6. The van der Waals surface area contributed by atoms with E-state index >= 15 is 0 Å². The molecule has 2 heterocycles. The van der Waals surface area contributed by atoms with E-state index in [0.29, 0.717) is 25.7 Å². The number of ether oxygens (including phenoxy) is 1. The number of carbonyl (C=O) groups excluding carboxylic acids is 1. The van der Waals surface area contributed by atoms with Gasteiger partial charge in [-0.1, -0.05) is 0 Å². The Morgan fingerprint density at radius 1 is 1.25 bits per heavy atom. The molecule has 2 aliphatic heterocycles. The van der Waals surface area contributed by atoms with Crippen LogP contribution in [0.3, 0.4) is 0 Å². The number of carbonyl (C=O) groups is 1. The second-order valence-electron chi connectivity index (χ2n) is 6.63. The number of piperidine rings is 1. The van der Waals surface area contributed by atoms with E-state index in [1.165, 1.54) is 0 Å². The summed E-state index contributed by atoms with van der Waals surface area (Å²) < 4.78 is 5.35. The third-order valence-corrected chi connectivity index (χ3v) is 3.82. The van der Waals surface area contributed by atoms with Gasteiger partial charge in [0.15, 0.2) is 0 Å². The molecule has 2 aliphatic rings. The minimum Gasteiger partial charge on any atom is -0.444 e. The first kappa shape index (κ1) is 15.5. The quantitative estimate of drug-likeness (QED) is 0.739. The largest absolute Gasteiger partial charge is 0.444 e. The third kappa shape index (κ3) is 4.07. The monoisotopic (exact) mass is 285 g/mol. The van der Waals surface area contributed by atoms with Crippen molar-refractivity contribution < 1.29 is 14.6 Å². The van der Waals surface area contributed by atoms with E-state index in [1.54, 1.807) is 4.90 Å². The van der Waals surface area contributed by atoms with Crippen LogP contribution >= 0.6 is 0 Å². The minimum absolute atomic E-state index is 0.332. The highest BCUT2D eigenvalue weighted by atomic mass is 16.6. The van der Waals surface area contributed by atoms with E-state index < -0.39 is 11.8 Å². The summed E-state index contributed by atoms with van der Waals surface area (Å²) in [5.74, 6) is 0. The van der Waals surface area contributed by atoms with Gasteiger partial charge in [0, 0.05) is 19.1 Å². The van der Waals surface area contributed by atoms with Crippen LogP contribution in [-0.4, -0.2) is 71.6 Å². The van der Waals surface area contributed by atoms with Crippen LogP contribution in [0.15, 0.2) is 0 Å². The number of hydrogen-bond acceptors (Lipinski definition) is 5. The molecule has 20 heavy (non-hydrogen) atoms. The lowest BCUT2D eigenvalue weighted by atomic mass is 10.0. The summed E-state index contributed by atoms with van der Waals surface area (Å²) in [6, 6.07) is 0.423. The van der Waals surface area contributed by atoms with Crippen molar-refractivity contribution in [3.05, 3.63) is 0 Å². The van der Waals surface area contributed by atoms with Gasteiger partial charge in [0.2, 0.25) is 0 Å². The Hall–Kier alpha value is -0.850. The number of amides is 1. The van der Waals surface area contributed by atoms with E-state index in [4.69, 9.17) is 4.74 Å². The summed E-state index contributed by atoms with van der Waals surface area (Å²) in [6.45, 7) is 9.24. The number of β-amino-alcohol motifs (C(OH)–C–C–N with tert-alkyl or cyclic N) is 1. The number of aliphatic hydroxyl groups is 1. The molecule has 6 heteroatoms. The van der Waals surface area contributed by atoms with Gasteiger partial charge in [-0.25, -0.2) is 4.79 Å². The molecule has 2 rings (SSSR count). The van der Waals surface area contributed by atoms with Crippen LogP contribution in [0.1, 0.15) is 33.6 Å². The first-order valence-corrected chi connectivity index (χ1v) is 7.49. The SMILES string of the molecule is CC(C)(C)OC(=O)N1CCN(C2CCNCC2)C(O)C1. The van der Waals surface area contributed by atoms with Gasteiger partial charge in [-0.2, -0.15) is 0 Å². The van der Waals surface area contributed by atoms with Crippen LogP contribution in [0.25, 0.3) is 0 Å². The summed E-state index contributed by atoms with van der Waals surface area (Å²) in [4.78, 5) is 15.7. The predicted molar refractivity (Wildman–Crippen MR) is 76.4 cm³/mol. The molecular formula is C14H27N3O3. The lowest BCUT2D eigenvalue weighted by Crippen LogP contribution is -2.59. The zero-order valence-electron chi connectivity index (χ0n) is 12.8. The fourth-order valence-corrected chi connectivity index (χ4v) is 2.84. The van der Waals surface area contributed by atoms with Gasteiger partial charge in [0.05, 0.1) is 6.54 Å². The second-order valence-corrected chi connectivity index (χ2v) is 6.63. The van der Waals surface area contributed by atoms with E-state index in [2.05, 4.69) is 10.2 Å². The fourth-order valence-electron chi connectivity index (χ4n) is 2.84. The number of rotatable bonds is 1. The molecule has 1 amide bonds. The average Bonchev–Trinajstić information content (AvgIpc) is 2.37. The molecule has 0 aromatic rings. The molecule has 0 aliphatic carbocycles. The Kier molecular flexibility index (Phi) is 4.88. The Bertz CT molecular complexity index is 337. The van der Waals surface area contributed by atoms with Crippen molar-refractivity contribution in [3.8, 4) is 0 Å². The lowest BCUT2D eigenvalue weighted by Gasteiger charge is -2.44. The molecule has 0 aromatic carbocycles. The van der Waals surface area contributed by atoms with Gasteiger partial charge in [-0.15, -0.1) is 0 Å². The molecule has 0 bridgehead atoms. The van der Waals surface area contributed by atoms with Gasteiger partial charge in [0.1, 0.15) is 11.8 Å². The molecule has 2 N–H and O–H groups in total. The Balaban J connectivity index is 1.86. The van der Waals surface area contributed by atoms with E-state index in [-0.39, 0.29) is 6.09 Å². The molecule has 0 spiro atoms. The maximum atomic E-state index is 12.0. The average molecular weight is 285 g/mol. The molecule has 0 radical (unpaired) electrons. The van der Waals surface area contributed by atoms with Crippen LogP contribution < -0.4 is 5.32 Å². The van der Waals surface area contributed by atoms with Crippen molar-refractivity contribution in [1.82, 2.24) is 15.1 Å². The van der Waals surface area contributed by atoms with Crippen molar-refractivity contribution in [1.29, 1.82) is 0 Å². The van der Waals surface area contributed by atoms with Crippen LogP contribution in [0.4, 0.5) is 4.79 Å². The molecule has 116 valence electrons. The molecule has 0 aromatic heterocycles. The fraction of sp³-hybridized carbons (Fsp3) is 0.929. The van der Waals surface area contributed by atoms with Gasteiger partial charge in [0.25, 0.3) is 0 Å². The number of nitrogens with zero attached hydrogens (tertiary/aromatic N) is 2. The molecule has 1 unspecified atom stereocenters. The molecule has 6 nitrogen and oxygen atoms in total. The predicted octanol–water partition coefficient (Wildman–Crippen LogP) is 0.609. The summed E-state index contributed by atoms with van der Waals surface area (Å²) in [6.07, 6.45) is 1.20. The topological polar surface area (TPSA) is 65.0 Å². The van der Waals surface area contributed by atoms with Gasteiger partial charge >= 0.3 is 6.09 Å². The van der Waals surface area contributed by atoms with Gasteiger partial charge in [-0.05, 0) is 46.7 Å². The highest BCUT2D eigenvalue weighted by Gasteiger charge is 2.34.